The van der Waals surface area contributed by atoms with Crippen LogP contribution in [0.5, 0.6) is 0 Å². The molecule has 1 aromatic carbocycles. The molecule has 0 N–H and O–H groups in total. The number of aromatic nitrogens is 4. The van der Waals surface area contributed by atoms with Crippen LogP contribution in [0.2, 0.25) is 0 Å². The van der Waals surface area contributed by atoms with E-state index < -0.39 is 0 Å². The van der Waals surface area contributed by atoms with E-state index in [4.69, 9.17) is 4.98 Å². The minimum atomic E-state index is 0.353. The lowest BCUT2D eigenvalue weighted by Gasteiger charge is -2.24. The number of fused-ring (bicyclic) bond motifs is 1. The molecule has 4 aromatic rings. The first kappa shape index (κ1) is 17.4. The number of hydrogen-bond acceptors (Lipinski definition) is 4. The molecule has 0 aliphatic heterocycles. The predicted octanol–water partition coefficient (Wildman–Crippen LogP) is 3.85. The Kier molecular flexibility index (Phi) is 4.94. The molecule has 0 radical (unpaired) electrons. The first-order valence-corrected chi connectivity index (χ1v) is 9.20. The van der Waals surface area contributed by atoms with Crippen molar-refractivity contribution in [1.29, 1.82) is 0 Å². The molecule has 0 amide bonds. The van der Waals surface area contributed by atoms with E-state index in [0.717, 1.165) is 41.4 Å². The van der Waals surface area contributed by atoms with E-state index in [1.165, 1.54) is 0 Å². The van der Waals surface area contributed by atoms with Crippen LogP contribution in [0, 0.1) is 0 Å². The van der Waals surface area contributed by atoms with Crippen LogP contribution in [0.1, 0.15) is 18.3 Å². The Morgan fingerprint density at radius 3 is 2.52 bits per heavy atom. The van der Waals surface area contributed by atoms with Crippen LogP contribution in [0.3, 0.4) is 0 Å². The third-order valence-corrected chi connectivity index (χ3v) is 4.93. The van der Waals surface area contributed by atoms with Crippen molar-refractivity contribution in [1.82, 2.24) is 24.3 Å². The fraction of sp³-hybridized carbons (Fsp3) is 0.227. The highest BCUT2D eigenvalue weighted by atomic mass is 15.2. The number of imidazole rings is 1. The maximum Gasteiger partial charge on any atom is 0.234 e. The summed E-state index contributed by atoms with van der Waals surface area (Å²) in [6.07, 6.45) is 6.58. The van der Waals surface area contributed by atoms with Gasteiger partial charge >= 0.3 is 0 Å². The molecular weight excluding hydrogens is 334 g/mol. The number of pyridine rings is 1. The van der Waals surface area contributed by atoms with Gasteiger partial charge in [-0.3, -0.25) is 14.3 Å². The van der Waals surface area contributed by atoms with Crippen molar-refractivity contribution in [3.05, 3.63) is 84.6 Å². The van der Waals surface area contributed by atoms with Gasteiger partial charge < -0.3 is 0 Å². The average molecular weight is 357 g/mol. The van der Waals surface area contributed by atoms with Crippen molar-refractivity contribution in [3.8, 4) is 11.3 Å². The Labute approximate surface area is 159 Å². The Balaban J connectivity index is 1.64. The second-order valence-corrected chi connectivity index (χ2v) is 6.85. The first-order chi connectivity index (χ1) is 13.2. The second-order valence-electron chi connectivity index (χ2n) is 6.85. The van der Waals surface area contributed by atoms with E-state index >= 15 is 0 Å². The minimum absolute atomic E-state index is 0.353. The lowest BCUT2D eigenvalue weighted by molar-refractivity contribution is 0.244. The molecule has 0 aliphatic carbocycles. The normalized spacial score (nSPS) is 12.6. The largest absolute Gasteiger partial charge is 0.297 e. The van der Waals surface area contributed by atoms with Crippen molar-refractivity contribution in [3.63, 3.8) is 0 Å². The van der Waals surface area contributed by atoms with Crippen LogP contribution < -0.4 is 0 Å². The van der Waals surface area contributed by atoms with E-state index in [0.29, 0.717) is 6.04 Å². The first-order valence-electron chi connectivity index (χ1n) is 9.20. The highest BCUT2D eigenvalue weighted by molar-refractivity contribution is 5.65. The zero-order valence-corrected chi connectivity index (χ0v) is 15.7. The van der Waals surface area contributed by atoms with E-state index in [1.54, 1.807) is 6.20 Å². The van der Waals surface area contributed by atoms with Gasteiger partial charge in [0.1, 0.15) is 0 Å². The Morgan fingerprint density at radius 2 is 1.74 bits per heavy atom. The molecule has 0 spiro atoms. The molecule has 0 bridgehead atoms. The third-order valence-electron chi connectivity index (χ3n) is 4.93. The van der Waals surface area contributed by atoms with Gasteiger partial charge in [-0.2, -0.15) is 0 Å². The summed E-state index contributed by atoms with van der Waals surface area (Å²) in [7, 11) is 2.15. The molecule has 3 heterocycles. The Morgan fingerprint density at radius 1 is 0.963 bits per heavy atom. The number of rotatable bonds is 6. The lowest BCUT2D eigenvalue weighted by Crippen LogP contribution is -2.31. The van der Waals surface area contributed by atoms with Gasteiger partial charge in [0.25, 0.3) is 0 Å². The molecule has 1 atom stereocenters. The van der Waals surface area contributed by atoms with Crippen LogP contribution in [0.4, 0.5) is 0 Å². The van der Waals surface area contributed by atoms with Gasteiger partial charge in [0.05, 0.1) is 11.4 Å². The zero-order valence-electron chi connectivity index (χ0n) is 15.7. The van der Waals surface area contributed by atoms with Crippen molar-refractivity contribution < 1.29 is 0 Å². The quantitative estimate of drug-likeness (QED) is 0.526. The molecule has 0 saturated heterocycles. The van der Waals surface area contributed by atoms with Gasteiger partial charge in [-0.05, 0) is 32.2 Å². The molecule has 0 unspecified atom stereocenters. The summed E-state index contributed by atoms with van der Waals surface area (Å²) >= 11 is 0. The van der Waals surface area contributed by atoms with Crippen LogP contribution in [-0.4, -0.2) is 37.3 Å². The summed E-state index contributed by atoms with van der Waals surface area (Å²) in [4.78, 5) is 16.0. The number of likely N-dealkylation sites (N-methyl/N-ethyl adjacent to an activating group) is 1. The minimum Gasteiger partial charge on any atom is -0.297 e. The van der Waals surface area contributed by atoms with Gasteiger partial charge in [0.2, 0.25) is 5.78 Å². The zero-order chi connectivity index (χ0) is 18.6. The fourth-order valence-electron chi connectivity index (χ4n) is 3.28. The predicted molar refractivity (Wildman–Crippen MR) is 107 cm³/mol. The van der Waals surface area contributed by atoms with Crippen molar-refractivity contribution in [2.24, 2.45) is 0 Å². The monoisotopic (exact) mass is 357 g/mol. The molecule has 5 heteroatoms. The summed E-state index contributed by atoms with van der Waals surface area (Å²) in [5.41, 5.74) is 4.37. The Hall–Kier alpha value is -3.05. The van der Waals surface area contributed by atoms with E-state index in [-0.39, 0.29) is 0 Å². The van der Waals surface area contributed by atoms with E-state index in [2.05, 4.69) is 51.4 Å². The van der Waals surface area contributed by atoms with Crippen LogP contribution >= 0.6 is 0 Å². The Bertz CT molecular complexity index is 1010. The molecule has 0 aliphatic rings. The fourth-order valence-corrected chi connectivity index (χ4v) is 3.28. The van der Waals surface area contributed by atoms with Crippen LogP contribution in [0.25, 0.3) is 17.0 Å². The van der Waals surface area contributed by atoms with Crippen molar-refractivity contribution in [2.75, 3.05) is 7.05 Å². The second kappa shape index (κ2) is 7.68. The molecule has 4 rings (SSSR count). The molecule has 3 aromatic heterocycles. The summed E-state index contributed by atoms with van der Waals surface area (Å²) in [6, 6.07) is 18.7. The highest BCUT2D eigenvalue weighted by Gasteiger charge is 2.19. The molecule has 27 heavy (non-hydrogen) atoms. The summed E-state index contributed by atoms with van der Waals surface area (Å²) in [5, 5.41) is 0. The van der Waals surface area contributed by atoms with Gasteiger partial charge in [-0.15, -0.1) is 0 Å². The van der Waals surface area contributed by atoms with Crippen molar-refractivity contribution in [2.45, 2.75) is 25.9 Å². The average Bonchev–Trinajstić information content (AvgIpc) is 3.08. The molecule has 0 saturated carbocycles. The lowest BCUT2D eigenvalue weighted by atomic mass is 10.1. The number of benzene rings is 1. The van der Waals surface area contributed by atoms with Crippen LogP contribution in [-0.2, 0) is 13.0 Å². The molecule has 5 nitrogen and oxygen atoms in total. The van der Waals surface area contributed by atoms with Crippen molar-refractivity contribution >= 4 is 5.78 Å². The molecule has 136 valence electrons. The smallest absolute Gasteiger partial charge is 0.234 e. The van der Waals surface area contributed by atoms with Gasteiger partial charge in [-0.25, -0.2) is 9.97 Å². The maximum atomic E-state index is 4.79. The van der Waals surface area contributed by atoms with Crippen LogP contribution in [0.15, 0.2) is 73.2 Å². The van der Waals surface area contributed by atoms with E-state index in [9.17, 15) is 0 Å². The maximum absolute atomic E-state index is 4.79. The number of nitrogens with zero attached hydrogens (tertiary/aromatic N) is 5. The highest BCUT2D eigenvalue weighted by Crippen LogP contribution is 2.25. The molecular formula is C22H23N5. The topological polar surface area (TPSA) is 46.3 Å². The number of hydrogen-bond donors (Lipinski definition) is 0. The van der Waals surface area contributed by atoms with Gasteiger partial charge in [0.15, 0.2) is 0 Å². The standard InChI is InChI=1S/C22H23N5/c1-17(15-19-11-6-7-12-23-19)26(2)16-20-21(18-9-4-3-5-10-18)25-22-24-13-8-14-27(20)22/h3-14,17H,15-16H2,1-2H3/t17-/m0/s1. The summed E-state index contributed by atoms with van der Waals surface area (Å²) in [6.45, 7) is 3.02. The summed E-state index contributed by atoms with van der Waals surface area (Å²) < 4.78 is 2.09. The molecule has 0 fully saturated rings. The van der Waals surface area contributed by atoms with Gasteiger partial charge in [0, 0.05) is 48.9 Å². The SMILES string of the molecule is C[C@@H](Cc1ccccn1)N(C)Cc1c(-c2ccccc2)nc2ncccn12. The third kappa shape index (κ3) is 3.73. The van der Waals surface area contributed by atoms with E-state index in [1.807, 2.05) is 48.8 Å². The van der Waals surface area contributed by atoms with Gasteiger partial charge in [-0.1, -0.05) is 36.4 Å². The summed E-state index contributed by atoms with van der Waals surface area (Å²) in [5.74, 6) is 0.733.